The molecule has 1 aromatic heterocycles. The summed E-state index contributed by atoms with van der Waals surface area (Å²) in [6.07, 6.45) is 0.439. The monoisotopic (exact) mass is 358 g/mol. The molecule has 0 radical (unpaired) electrons. The summed E-state index contributed by atoms with van der Waals surface area (Å²) < 4.78 is 5.66. The van der Waals surface area contributed by atoms with Crippen LogP contribution in [0.5, 0.6) is 5.75 Å². The number of aromatic hydroxyl groups is 1. The van der Waals surface area contributed by atoms with Crippen molar-refractivity contribution in [2.45, 2.75) is 26.0 Å². The molecule has 2 aromatic rings. The summed E-state index contributed by atoms with van der Waals surface area (Å²) in [5.41, 5.74) is 4.97. The second kappa shape index (κ2) is 7.58. The number of phenols is 1. The zero-order valence-corrected chi connectivity index (χ0v) is 14.8. The van der Waals surface area contributed by atoms with Gasteiger partial charge in [0.2, 0.25) is 0 Å². The molecule has 0 spiro atoms. The molecular weight excluding hydrogens is 338 g/mol. The lowest BCUT2D eigenvalue weighted by molar-refractivity contribution is 0.126. The molecule has 0 saturated heterocycles. The molecule has 3 rings (SSSR count). The zero-order chi connectivity index (χ0) is 17.8. The fourth-order valence-electron chi connectivity index (χ4n) is 2.86. The van der Waals surface area contributed by atoms with Gasteiger partial charge in [0.25, 0.3) is 0 Å². The van der Waals surface area contributed by atoms with Crippen LogP contribution in [0.25, 0.3) is 0 Å². The first kappa shape index (κ1) is 17.3. The van der Waals surface area contributed by atoms with Gasteiger partial charge in [0.15, 0.2) is 11.9 Å². The van der Waals surface area contributed by atoms with Crippen molar-refractivity contribution in [1.82, 2.24) is 10.3 Å². The first-order valence-electron chi connectivity index (χ1n) is 7.96. The number of nitrogens with one attached hydrogen (secondary N) is 1. The maximum atomic E-state index is 9.87. The third-order valence-electron chi connectivity index (χ3n) is 3.94. The number of aldehydes is 1. The molecule has 0 aliphatic carbocycles. The van der Waals surface area contributed by atoms with Gasteiger partial charge >= 0.3 is 6.29 Å². The van der Waals surface area contributed by atoms with Crippen molar-refractivity contribution in [2.75, 3.05) is 6.61 Å². The summed E-state index contributed by atoms with van der Waals surface area (Å²) in [5.74, 6) is 0.823. The first-order valence-corrected chi connectivity index (χ1v) is 8.90. The molecule has 6 nitrogen and oxygen atoms in total. The Kier molecular flexibility index (Phi) is 5.25. The molecule has 0 amide bonds. The minimum absolute atomic E-state index is 0.166. The van der Waals surface area contributed by atoms with Crippen molar-refractivity contribution in [3.05, 3.63) is 57.7 Å². The molecule has 3 N–H and O–H groups in total. The molecular formula is C18H20N3O3S+. The van der Waals surface area contributed by atoms with Crippen LogP contribution in [-0.2, 0) is 4.74 Å². The summed E-state index contributed by atoms with van der Waals surface area (Å²) in [4.78, 5) is 18.8. The van der Waals surface area contributed by atoms with E-state index >= 15 is 0 Å². The Bertz CT molecular complexity index is 815. The van der Waals surface area contributed by atoms with Crippen molar-refractivity contribution in [1.29, 1.82) is 0 Å². The molecule has 7 heteroatoms. The SMILES string of the molecule is CCOC(C=[OH+])C1=C(C)NC(c2cscn2)=NC1c1cccc(O)c1. The van der Waals surface area contributed by atoms with Crippen molar-refractivity contribution >= 4 is 23.5 Å². The lowest BCUT2D eigenvalue weighted by Crippen LogP contribution is -2.35. The van der Waals surface area contributed by atoms with Gasteiger partial charge in [-0.3, -0.25) is 9.79 Å². The molecule has 2 atom stereocenters. The summed E-state index contributed by atoms with van der Waals surface area (Å²) in [6.45, 7) is 4.24. The number of aliphatic imine (C=N–C) groups is 1. The van der Waals surface area contributed by atoms with E-state index in [1.165, 1.54) is 11.3 Å². The van der Waals surface area contributed by atoms with Gasteiger partial charge in [-0.2, -0.15) is 0 Å². The smallest absolute Gasteiger partial charge is 0.314 e. The number of phenolic OH excluding ortho intramolecular Hbond substituents is 1. The number of benzene rings is 1. The van der Waals surface area contributed by atoms with Crippen LogP contribution in [0.4, 0.5) is 0 Å². The van der Waals surface area contributed by atoms with E-state index in [2.05, 4.69) is 10.3 Å². The predicted octanol–water partition coefficient (Wildman–Crippen LogP) is 2.79. The van der Waals surface area contributed by atoms with Crippen LogP contribution >= 0.6 is 11.3 Å². The normalized spacial score (nSPS) is 18.5. The van der Waals surface area contributed by atoms with Gasteiger partial charge in [-0.25, -0.2) is 4.98 Å². The highest BCUT2D eigenvalue weighted by Crippen LogP contribution is 2.35. The molecule has 2 heterocycles. The average molecular weight is 358 g/mol. The van der Waals surface area contributed by atoms with Crippen molar-refractivity contribution < 1.29 is 14.6 Å². The van der Waals surface area contributed by atoms with Crippen molar-refractivity contribution in [2.24, 2.45) is 4.99 Å². The number of carbonyl (C=O) groups excluding carboxylic acids is 1. The van der Waals surface area contributed by atoms with Crippen LogP contribution in [0.1, 0.15) is 31.1 Å². The average Bonchev–Trinajstić information content (AvgIpc) is 3.14. The van der Waals surface area contributed by atoms with Crippen LogP contribution in [0.3, 0.4) is 0 Å². The van der Waals surface area contributed by atoms with Gasteiger partial charge in [0, 0.05) is 23.3 Å². The van der Waals surface area contributed by atoms with E-state index in [1.54, 1.807) is 23.7 Å². The fourth-order valence-corrected chi connectivity index (χ4v) is 3.39. The van der Waals surface area contributed by atoms with E-state index < -0.39 is 12.1 Å². The van der Waals surface area contributed by atoms with Gasteiger partial charge in [0.05, 0.1) is 5.51 Å². The van der Waals surface area contributed by atoms with E-state index in [0.717, 1.165) is 28.8 Å². The number of amidine groups is 1. The maximum Gasteiger partial charge on any atom is 0.314 e. The van der Waals surface area contributed by atoms with Gasteiger partial charge in [0.1, 0.15) is 17.5 Å². The quantitative estimate of drug-likeness (QED) is 0.614. The highest BCUT2D eigenvalue weighted by molar-refractivity contribution is 7.07. The van der Waals surface area contributed by atoms with E-state index in [4.69, 9.17) is 9.73 Å². The maximum absolute atomic E-state index is 9.87. The largest absolute Gasteiger partial charge is 0.508 e. The number of hydrogen-bond acceptors (Lipinski definition) is 6. The predicted molar refractivity (Wildman–Crippen MR) is 98.7 cm³/mol. The zero-order valence-electron chi connectivity index (χ0n) is 14.0. The number of hydrogen-bond donors (Lipinski definition) is 2. The van der Waals surface area contributed by atoms with E-state index in [0.29, 0.717) is 12.4 Å². The summed E-state index contributed by atoms with van der Waals surface area (Å²) in [5, 5.41) is 15.0. The Balaban J connectivity index is 2.09. The van der Waals surface area contributed by atoms with Gasteiger partial charge < -0.3 is 15.2 Å². The number of rotatable bonds is 6. The Hall–Kier alpha value is -2.51. The number of ether oxygens (including phenoxy) is 1. The summed E-state index contributed by atoms with van der Waals surface area (Å²) >= 11 is 1.49. The molecule has 1 aromatic carbocycles. The second-order valence-corrected chi connectivity index (χ2v) is 6.30. The number of thiazole rings is 1. The highest BCUT2D eigenvalue weighted by Gasteiger charge is 2.32. The Labute approximate surface area is 149 Å². The molecule has 1 aliphatic heterocycles. The molecule has 0 fully saturated rings. The number of allylic oxidation sites excluding steroid dienone is 1. The lowest BCUT2D eigenvalue weighted by Gasteiger charge is -2.28. The summed E-state index contributed by atoms with van der Waals surface area (Å²) in [6, 6.07) is 6.56. The minimum atomic E-state index is -0.592. The van der Waals surface area contributed by atoms with Gasteiger partial charge in [-0.05, 0) is 31.5 Å². The number of aromatic nitrogens is 1. The molecule has 0 saturated carbocycles. The Morgan fingerprint density at radius 2 is 2.32 bits per heavy atom. The fraction of sp³-hybridized carbons (Fsp3) is 0.278. The van der Waals surface area contributed by atoms with E-state index in [1.807, 2.05) is 25.3 Å². The Morgan fingerprint density at radius 1 is 1.48 bits per heavy atom. The van der Waals surface area contributed by atoms with E-state index in [9.17, 15) is 9.90 Å². The molecule has 2 unspecified atom stereocenters. The van der Waals surface area contributed by atoms with E-state index in [-0.39, 0.29) is 5.75 Å². The standard InChI is InChI=1S/C18H19N3O3S/c1-3-24-15(8-22)16-11(2)20-18(14-9-25-10-19-14)21-17(16)12-5-4-6-13(23)7-12/h4-10,15,17,23H,3H2,1-2H3,(H,20,21)/p+1. The summed E-state index contributed by atoms with van der Waals surface area (Å²) in [7, 11) is 0. The third-order valence-corrected chi connectivity index (χ3v) is 4.53. The van der Waals surface area contributed by atoms with Crippen LogP contribution in [0.15, 0.2) is 51.4 Å². The lowest BCUT2D eigenvalue weighted by atomic mass is 9.92. The molecule has 1 aliphatic rings. The van der Waals surface area contributed by atoms with Crippen LogP contribution < -0.4 is 5.32 Å². The number of nitrogens with zero attached hydrogens (tertiary/aromatic N) is 2. The Morgan fingerprint density at radius 3 is 2.96 bits per heavy atom. The van der Waals surface area contributed by atoms with Crippen LogP contribution in [0, 0.1) is 0 Å². The van der Waals surface area contributed by atoms with Gasteiger partial charge in [-0.1, -0.05) is 12.1 Å². The molecule has 130 valence electrons. The third kappa shape index (κ3) is 3.62. The second-order valence-electron chi connectivity index (χ2n) is 5.58. The van der Waals surface area contributed by atoms with Crippen LogP contribution in [0.2, 0.25) is 0 Å². The molecule has 25 heavy (non-hydrogen) atoms. The minimum Gasteiger partial charge on any atom is -0.508 e. The topological polar surface area (TPSA) is 88.1 Å². The molecule has 0 bridgehead atoms. The highest BCUT2D eigenvalue weighted by atomic mass is 32.1. The van der Waals surface area contributed by atoms with Gasteiger partial charge in [-0.15, -0.1) is 11.3 Å². The van der Waals surface area contributed by atoms with Crippen LogP contribution in [-0.4, -0.2) is 39.7 Å². The first-order chi connectivity index (χ1) is 12.1. The van der Waals surface area contributed by atoms with Crippen molar-refractivity contribution in [3.63, 3.8) is 0 Å². The van der Waals surface area contributed by atoms with Crippen molar-refractivity contribution in [3.8, 4) is 5.75 Å².